The van der Waals surface area contributed by atoms with Crippen molar-refractivity contribution in [3.63, 3.8) is 0 Å². The highest BCUT2D eigenvalue weighted by atomic mass is 32.1. The predicted molar refractivity (Wildman–Crippen MR) is 36.9 cm³/mol. The van der Waals surface area contributed by atoms with E-state index in [0.717, 1.165) is 11.7 Å². The molecule has 0 aromatic carbocycles. The first-order valence-corrected chi connectivity index (χ1v) is 3.28. The van der Waals surface area contributed by atoms with Gasteiger partial charge in [-0.15, -0.1) is 0 Å². The first kappa shape index (κ1) is 7.61. The molecule has 2 amide bonds. The Balaban J connectivity index is 3.16. The fourth-order valence-electron chi connectivity index (χ4n) is 0.512. The summed E-state index contributed by atoms with van der Waals surface area (Å²) in [5.41, 5.74) is 9.38. The third-order valence-corrected chi connectivity index (χ3v) is 1.48. The van der Waals surface area contributed by atoms with Gasteiger partial charge in [0, 0.05) is 0 Å². The summed E-state index contributed by atoms with van der Waals surface area (Å²) in [6, 6.07) is 0. The molecular formula is C4H4N4O2S. The number of aromatic nitrogens is 2. The second-order valence-corrected chi connectivity index (χ2v) is 2.22. The van der Waals surface area contributed by atoms with Crippen molar-refractivity contribution in [3.8, 4) is 0 Å². The monoisotopic (exact) mass is 172 g/mol. The van der Waals surface area contributed by atoms with Gasteiger partial charge in [-0.3, -0.25) is 9.59 Å². The van der Waals surface area contributed by atoms with Crippen LogP contribution in [0.4, 0.5) is 0 Å². The van der Waals surface area contributed by atoms with Crippen molar-refractivity contribution in [2.45, 2.75) is 0 Å². The highest BCUT2D eigenvalue weighted by molar-refractivity contribution is 6.99. The van der Waals surface area contributed by atoms with E-state index < -0.39 is 11.8 Å². The third kappa shape index (κ3) is 1.32. The van der Waals surface area contributed by atoms with Crippen LogP contribution in [0.15, 0.2) is 0 Å². The molecule has 0 spiro atoms. The average Bonchev–Trinajstić information content (AvgIpc) is 2.32. The van der Waals surface area contributed by atoms with E-state index in [9.17, 15) is 9.59 Å². The lowest BCUT2D eigenvalue weighted by atomic mass is 10.3. The van der Waals surface area contributed by atoms with Crippen LogP contribution in [0.2, 0.25) is 0 Å². The number of carbonyl (C=O) groups is 2. The van der Waals surface area contributed by atoms with E-state index >= 15 is 0 Å². The van der Waals surface area contributed by atoms with Crippen LogP contribution in [-0.4, -0.2) is 20.6 Å². The molecule has 11 heavy (non-hydrogen) atoms. The van der Waals surface area contributed by atoms with Gasteiger partial charge < -0.3 is 11.5 Å². The van der Waals surface area contributed by atoms with Crippen LogP contribution in [0.5, 0.6) is 0 Å². The lowest BCUT2D eigenvalue weighted by Gasteiger charge is -1.88. The van der Waals surface area contributed by atoms with Gasteiger partial charge in [0.25, 0.3) is 11.8 Å². The fourth-order valence-corrected chi connectivity index (χ4v) is 1.07. The number of hydrogen-bond donors (Lipinski definition) is 2. The van der Waals surface area contributed by atoms with E-state index in [-0.39, 0.29) is 11.4 Å². The Morgan fingerprint density at radius 2 is 1.45 bits per heavy atom. The summed E-state index contributed by atoms with van der Waals surface area (Å²) in [7, 11) is 0. The zero-order valence-corrected chi connectivity index (χ0v) is 6.09. The van der Waals surface area contributed by atoms with Gasteiger partial charge in [-0.25, -0.2) is 0 Å². The number of carbonyl (C=O) groups excluding carboxylic acids is 2. The highest BCUT2D eigenvalue weighted by Gasteiger charge is 2.17. The van der Waals surface area contributed by atoms with Crippen LogP contribution < -0.4 is 11.5 Å². The van der Waals surface area contributed by atoms with Crippen LogP contribution in [0.3, 0.4) is 0 Å². The van der Waals surface area contributed by atoms with Crippen LogP contribution >= 0.6 is 11.7 Å². The Labute approximate surface area is 65.5 Å². The topological polar surface area (TPSA) is 112 Å². The summed E-state index contributed by atoms with van der Waals surface area (Å²) in [6.45, 7) is 0. The van der Waals surface area contributed by atoms with Crippen LogP contribution in [0, 0.1) is 0 Å². The molecule has 1 heterocycles. The summed E-state index contributed by atoms with van der Waals surface area (Å²) in [6.07, 6.45) is 0. The molecule has 0 saturated heterocycles. The minimum atomic E-state index is -0.799. The zero-order valence-electron chi connectivity index (χ0n) is 5.27. The predicted octanol–water partition coefficient (Wildman–Crippen LogP) is -1.26. The molecule has 7 heteroatoms. The molecule has 0 bridgehead atoms. The molecule has 0 aliphatic heterocycles. The first-order chi connectivity index (χ1) is 5.13. The van der Waals surface area contributed by atoms with Crippen molar-refractivity contribution in [3.05, 3.63) is 11.4 Å². The molecule has 0 aliphatic carbocycles. The van der Waals surface area contributed by atoms with E-state index in [4.69, 9.17) is 11.5 Å². The molecule has 58 valence electrons. The fraction of sp³-hybridized carbons (Fsp3) is 0. The third-order valence-electron chi connectivity index (χ3n) is 0.955. The molecule has 0 saturated carbocycles. The van der Waals surface area contributed by atoms with Crippen molar-refractivity contribution in [1.82, 2.24) is 8.75 Å². The molecule has 0 aliphatic rings. The quantitative estimate of drug-likeness (QED) is 0.579. The molecule has 4 N–H and O–H groups in total. The normalized spacial score (nSPS) is 9.45. The molecule has 0 atom stereocenters. The Morgan fingerprint density at radius 1 is 1.09 bits per heavy atom. The molecule has 0 fully saturated rings. The summed E-state index contributed by atoms with van der Waals surface area (Å²) >= 11 is 0.721. The summed E-state index contributed by atoms with van der Waals surface area (Å²) in [5, 5.41) is 0. The SMILES string of the molecule is NC(=O)c1nsnc1C(N)=O. The summed E-state index contributed by atoms with van der Waals surface area (Å²) < 4.78 is 6.98. The Morgan fingerprint density at radius 3 is 1.73 bits per heavy atom. The van der Waals surface area contributed by atoms with Crippen molar-refractivity contribution in [2.75, 3.05) is 0 Å². The molecule has 1 aromatic rings. The number of amides is 2. The second-order valence-electron chi connectivity index (χ2n) is 1.69. The molecule has 0 unspecified atom stereocenters. The van der Waals surface area contributed by atoms with E-state index in [1.54, 1.807) is 0 Å². The minimum absolute atomic E-state index is 0.164. The highest BCUT2D eigenvalue weighted by Crippen LogP contribution is 2.02. The van der Waals surface area contributed by atoms with Crippen LogP contribution in [-0.2, 0) is 0 Å². The second kappa shape index (κ2) is 2.62. The number of nitrogens with zero attached hydrogens (tertiary/aromatic N) is 2. The van der Waals surface area contributed by atoms with E-state index in [0.29, 0.717) is 0 Å². The smallest absolute Gasteiger partial charge is 0.270 e. The van der Waals surface area contributed by atoms with Gasteiger partial charge in [0.15, 0.2) is 11.4 Å². The molecule has 1 aromatic heterocycles. The number of hydrogen-bond acceptors (Lipinski definition) is 5. The average molecular weight is 172 g/mol. The molecule has 1 rings (SSSR count). The summed E-state index contributed by atoms with van der Waals surface area (Å²) in [5.74, 6) is -1.60. The van der Waals surface area contributed by atoms with Crippen LogP contribution in [0.1, 0.15) is 21.0 Å². The maximum atomic E-state index is 10.5. The maximum Gasteiger partial charge on any atom is 0.270 e. The maximum absolute atomic E-state index is 10.5. The van der Waals surface area contributed by atoms with Gasteiger partial charge >= 0.3 is 0 Å². The first-order valence-electron chi connectivity index (χ1n) is 2.55. The number of nitrogens with two attached hydrogens (primary N) is 2. The number of primary amides is 2. The zero-order chi connectivity index (χ0) is 8.43. The Kier molecular flexibility index (Phi) is 1.81. The van der Waals surface area contributed by atoms with E-state index in [2.05, 4.69) is 8.75 Å². The molecule has 0 radical (unpaired) electrons. The van der Waals surface area contributed by atoms with Gasteiger partial charge in [0.1, 0.15) is 0 Å². The van der Waals surface area contributed by atoms with Crippen LogP contribution in [0.25, 0.3) is 0 Å². The van der Waals surface area contributed by atoms with Gasteiger partial charge in [-0.05, 0) is 0 Å². The largest absolute Gasteiger partial charge is 0.364 e. The van der Waals surface area contributed by atoms with Gasteiger partial charge in [-0.2, -0.15) is 8.75 Å². The van der Waals surface area contributed by atoms with Crippen molar-refractivity contribution in [2.24, 2.45) is 11.5 Å². The lowest BCUT2D eigenvalue weighted by molar-refractivity contribution is 0.0962. The Hall–Kier alpha value is -1.50. The van der Waals surface area contributed by atoms with Crippen molar-refractivity contribution in [1.29, 1.82) is 0 Å². The van der Waals surface area contributed by atoms with Gasteiger partial charge in [0.05, 0.1) is 11.7 Å². The van der Waals surface area contributed by atoms with E-state index in [1.807, 2.05) is 0 Å². The molecular weight excluding hydrogens is 168 g/mol. The van der Waals surface area contributed by atoms with E-state index in [1.165, 1.54) is 0 Å². The number of rotatable bonds is 2. The molecule has 6 nitrogen and oxygen atoms in total. The minimum Gasteiger partial charge on any atom is -0.364 e. The summed E-state index contributed by atoms with van der Waals surface area (Å²) in [4.78, 5) is 21.0. The lowest BCUT2D eigenvalue weighted by Crippen LogP contribution is -2.20. The van der Waals surface area contributed by atoms with Crippen molar-refractivity contribution >= 4 is 23.5 Å². The Bertz CT molecular complexity index is 278. The standard InChI is InChI=1S/C4H4N4O2S/c5-3(9)1-2(4(6)10)8-11-7-1/h(H2,5,9)(H2,6,10). The van der Waals surface area contributed by atoms with Crippen molar-refractivity contribution < 1.29 is 9.59 Å². The van der Waals surface area contributed by atoms with Gasteiger partial charge in [-0.1, -0.05) is 0 Å². The van der Waals surface area contributed by atoms with Gasteiger partial charge in [0.2, 0.25) is 0 Å².